The molecule has 1 aliphatic heterocycles. The molecule has 4 N–H and O–H groups in total. The Morgan fingerprint density at radius 1 is 1.07 bits per heavy atom. The highest BCUT2D eigenvalue weighted by Crippen LogP contribution is 2.65. The van der Waals surface area contributed by atoms with Crippen LogP contribution in [0.2, 0.25) is 0 Å². The predicted molar refractivity (Wildman–Crippen MR) is 205 cm³/mol. The molecule has 2 heterocycles. The van der Waals surface area contributed by atoms with Gasteiger partial charge in [-0.2, -0.15) is 4.31 Å². The summed E-state index contributed by atoms with van der Waals surface area (Å²) in [6.07, 6.45) is 9.16. The van der Waals surface area contributed by atoms with Crippen molar-refractivity contribution in [2.45, 2.75) is 122 Å². The molecule has 2 saturated carbocycles. The van der Waals surface area contributed by atoms with E-state index in [4.69, 9.17) is 0 Å². The number of nitrogens with one attached hydrogen (secondary N) is 4. The second-order valence-corrected chi connectivity index (χ2v) is 19.3. The first-order valence-electron chi connectivity index (χ1n) is 19.2. The number of aromatic nitrogens is 1. The summed E-state index contributed by atoms with van der Waals surface area (Å²) in [7, 11) is -2.45. The normalized spacial score (nSPS) is 23.3. The van der Waals surface area contributed by atoms with Crippen molar-refractivity contribution in [3.8, 4) is 0 Å². The van der Waals surface area contributed by atoms with Gasteiger partial charge in [-0.15, -0.1) is 6.58 Å². The molecule has 5 amide bonds. The van der Waals surface area contributed by atoms with E-state index in [2.05, 4.69) is 46.7 Å². The number of hydrogen-bond donors (Lipinski definition) is 4. The third-order valence-electron chi connectivity index (χ3n) is 11.9. The standard InChI is InChI=1S/C39H61N7O7S/c1-10-16-27(31(47)34(49)41-20-11-2)42-33(48)30-29-26(38(29,6)7)23-46(30)35(50)32(39(8)18-13-12-14-19-39)44-36(51)43-28(37(3,4)5)24-45(9)54(52,53)25-17-15-21-40-22-25/h11,15,17,21-22,26-30,32H,2,10,12-14,16,18-20,23-24H2,1,3-9H3,(H,41,49)(H,42,48)(H2,43,44,51)/t26-,27?,28+,29-,30-,32+/m0/s1. The minimum Gasteiger partial charge on any atom is -0.346 e. The van der Waals surface area contributed by atoms with E-state index < -0.39 is 68.6 Å². The summed E-state index contributed by atoms with van der Waals surface area (Å²) in [5.41, 5.74) is -1.41. The van der Waals surface area contributed by atoms with Crippen LogP contribution in [0.3, 0.4) is 0 Å². The lowest BCUT2D eigenvalue weighted by Gasteiger charge is -2.43. The van der Waals surface area contributed by atoms with E-state index in [-0.39, 0.29) is 47.6 Å². The molecule has 0 aromatic carbocycles. The molecule has 4 rings (SSSR count). The average molecular weight is 772 g/mol. The SMILES string of the molecule is C=CCNC(=O)C(=O)C(CCC)NC(=O)[C@@H]1[C@@H]2[C@H](CN1C(=O)[C@@H](NC(=O)N[C@H](CN(C)S(=O)(=O)c1cccnc1)C(C)(C)C)C1(C)CCCCC1)C2(C)C. The Balaban J connectivity index is 1.59. The van der Waals surface area contributed by atoms with Gasteiger partial charge in [0.15, 0.2) is 0 Å². The van der Waals surface area contributed by atoms with Crippen molar-refractivity contribution in [1.82, 2.24) is 35.5 Å². The number of nitrogens with zero attached hydrogens (tertiary/aromatic N) is 3. The molecule has 15 heteroatoms. The van der Waals surface area contributed by atoms with Crippen LogP contribution in [-0.4, -0.2) is 103 Å². The largest absolute Gasteiger partial charge is 0.346 e. The van der Waals surface area contributed by atoms with Crippen LogP contribution in [0.15, 0.2) is 42.1 Å². The number of piperidine rings is 1. The maximum Gasteiger partial charge on any atom is 0.315 e. The zero-order valence-electron chi connectivity index (χ0n) is 33.2. The number of amides is 5. The Kier molecular flexibility index (Phi) is 13.4. The van der Waals surface area contributed by atoms with Crippen LogP contribution < -0.4 is 21.3 Å². The Morgan fingerprint density at radius 2 is 1.74 bits per heavy atom. The molecule has 14 nitrogen and oxygen atoms in total. The lowest BCUT2D eigenvalue weighted by molar-refractivity contribution is -0.146. The van der Waals surface area contributed by atoms with E-state index in [0.717, 1.165) is 19.3 Å². The summed E-state index contributed by atoms with van der Waals surface area (Å²) < 4.78 is 27.9. The Morgan fingerprint density at radius 3 is 2.31 bits per heavy atom. The third kappa shape index (κ3) is 9.32. The zero-order chi connectivity index (χ0) is 40.2. The first kappa shape index (κ1) is 42.9. The molecule has 6 atom stereocenters. The molecule has 0 spiro atoms. The van der Waals surface area contributed by atoms with Gasteiger partial charge in [0.05, 0.1) is 6.04 Å². The van der Waals surface area contributed by atoms with Crippen molar-refractivity contribution >= 4 is 39.6 Å². The topological polar surface area (TPSA) is 187 Å². The highest BCUT2D eigenvalue weighted by Gasteiger charge is 2.70. The van der Waals surface area contributed by atoms with Gasteiger partial charge < -0.3 is 26.2 Å². The molecule has 1 unspecified atom stereocenters. The number of Topliss-reactive ketones (excluding diaryl/α,β-unsaturated/α-hetero) is 1. The molecule has 300 valence electrons. The van der Waals surface area contributed by atoms with E-state index in [1.165, 1.54) is 35.9 Å². The summed E-state index contributed by atoms with van der Waals surface area (Å²) in [4.78, 5) is 74.3. The van der Waals surface area contributed by atoms with Crippen molar-refractivity contribution in [3.05, 3.63) is 37.2 Å². The summed E-state index contributed by atoms with van der Waals surface area (Å²) in [6, 6.07) is -1.20. The van der Waals surface area contributed by atoms with E-state index in [1.54, 1.807) is 11.0 Å². The minimum absolute atomic E-state index is 0.0345. The number of carbonyl (C=O) groups is 5. The predicted octanol–water partition coefficient (Wildman–Crippen LogP) is 3.39. The maximum absolute atomic E-state index is 14.9. The average Bonchev–Trinajstić information content (AvgIpc) is 3.42. The Hall–Kier alpha value is -3.85. The second kappa shape index (κ2) is 16.9. The molecule has 3 fully saturated rings. The van der Waals surface area contributed by atoms with E-state index >= 15 is 0 Å². The highest BCUT2D eigenvalue weighted by molar-refractivity contribution is 7.89. The van der Waals surface area contributed by atoms with Gasteiger partial charge in [-0.1, -0.05) is 80.2 Å². The van der Waals surface area contributed by atoms with E-state index in [0.29, 0.717) is 25.8 Å². The summed E-state index contributed by atoms with van der Waals surface area (Å²) in [6.45, 7) is 17.6. The molecular weight excluding hydrogens is 711 g/mol. The summed E-state index contributed by atoms with van der Waals surface area (Å²) in [5.74, 6) is -2.55. The molecule has 2 aliphatic carbocycles. The van der Waals surface area contributed by atoms with Crippen molar-refractivity contribution < 1.29 is 32.4 Å². The van der Waals surface area contributed by atoms with E-state index in [9.17, 15) is 32.4 Å². The van der Waals surface area contributed by atoms with Crippen LogP contribution in [0.4, 0.5) is 4.79 Å². The molecule has 3 aliphatic rings. The number of urea groups is 1. The number of carbonyl (C=O) groups excluding carboxylic acids is 5. The number of hydrogen-bond acceptors (Lipinski definition) is 8. The van der Waals surface area contributed by atoms with Crippen LogP contribution in [0, 0.1) is 28.1 Å². The molecular formula is C39H61N7O7S. The van der Waals surface area contributed by atoms with Crippen LogP contribution in [0.5, 0.6) is 0 Å². The fourth-order valence-electron chi connectivity index (χ4n) is 8.29. The van der Waals surface area contributed by atoms with Crippen LogP contribution in [0.25, 0.3) is 0 Å². The number of fused-ring (bicyclic) bond motifs is 1. The Labute approximate surface area is 321 Å². The molecule has 1 aromatic rings. The van der Waals surface area contributed by atoms with Crippen LogP contribution in [-0.2, 0) is 29.2 Å². The number of rotatable bonds is 16. The summed E-state index contributed by atoms with van der Waals surface area (Å²) >= 11 is 0. The zero-order valence-corrected chi connectivity index (χ0v) is 34.1. The van der Waals surface area contributed by atoms with Gasteiger partial charge in [-0.3, -0.25) is 24.2 Å². The van der Waals surface area contributed by atoms with Gasteiger partial charge in [0.25, 0.3) is 5.91 Å². The van der Waals surface area contributed by atoms with Gasteiger partial charge in [-0.05, 0) is 59.5 Å². The van der Waals surface area contributed by atoms with Crippen LogP contribution in [0.1, 0.15) is 93.4 Å². The highest BCUT2D eigenvalue weighted by atomic mass is 32.2. The number of ketones is 1. The van der Waals surface area contributed by atoms with Crippen molar-refractivity contribution in [3.63, 3.8) is 0 Å². The summed E-state index contributed by atoms with van der Waals surface area (Å²) in [5, 5.41) is 11.3. The monoisotopic (exact) mass is 771 g/mol. The number of pyridine rings is 1. The fourth-order valence-corrected chi connectivity index (χ4v) is 9.44. The quantitative estimate of drug-likeness (QED) is 0.146. The number of sulfonamides is 1. The maximum atomic E-state index is 14.9. The van der Waals surface area contributed by atoms with Crippen molar-refractivity contribution in [2.24, 2.45) is 28.1 Å². The smallest absolute Gasteiger partial charge is 0.315 e. The van der Waals surface area contributed by atoms with Crippen molar-refractivity contribution in [1.29, 1.82) is 0 Å². The van der Waals surface area contributed by atoms with Crippen LogP contribution >= 0.6 is 0 Å². The second-order valence-electron chi connectivity index (χ2n) is 17.3. The minimum atomic E-state index is -3.90. The van der Waals surface area contributed by atoms with E-state index in [1.807, 2.05) is 34.6 Å². The molecule has 0 bridgehead atoms. The van der Waals surface area contributed by atoms with Gasteiger partial charge in [0, 0.05) is 45.1 Å². The lowest BCUT2D eigenvalue weighted by atomic mass is 9.70. The third-order valence-corrected chi connectivity index (χ3v) is 13.8. The van der Waals surface area contributed by atoms with Gasteiger partial charge >= 0.3 is 6.03 Å². The first-order valence-corrected chi connectivity index (χ1v) is 20.6. The first-order chi connectivity index (χ1) is 25.2. The van der Waals surface area contributed by atoms with Crippen molar-refractivity contribution in [2.75, 3.05) is 26.7 Å². The molecule has 0 radical (unpaired) electrons. The molecule has 1 saturated heterocycles. The fraction of sp³-hybridized carbons (Fsp3) is 0.692. The molecule has 1 aromatic heterocycles. The van der Waals surface area contributed by atoms with Gasteiger partial charge in [-0.25, -0.2) is 13.2 Å². The lowest BCUT2D eigenvalue weighted by Crippen LogP contribution is -2.63. The number of likely N-dealkylation sites (N-methyl/N-ethyl adjacent to an activating group) is 1. The number of likely N-dealkylation sites (tertiary alicyclic amines) is 1. The van der Waals surface area contributed by atoms with Gasteiger partial charge in [0.1, 0.15) is 17.0 Å². The molecule has 54 heavy (non-hydrogen) atoms. The Bertz CT molecular complexity index is 1670. The van der Waals surface area contributed by atoms with Gasteiger partial charge in [0.2, 0.25) is 27.6 Å².